The van der Waals surface area contributed by atoms with Crippen molar-refractivity contribution in [3.05, 3.63) is 53.6 Å². The Bertz CT molecular complexity index is 1000. The Hall–Kier alpha value is -2.00. The highest BCUT2D eigenvalue weighted by Gasteiger charge is 2.26. The maximum absolute atomic E-state index is 12.5. The highest BCUT2D eigenvalue weighted by Crippen LogP contribution is 2.26. The number of fused-ring (bicyclic) bond motifs is 1. The number of anilines is 1. The van der Waals surface area contributed by atoms with Gasteiger partial charge in [0.15, 0.2) is 0 Å². The Labute approximate surface area is 144 Å². The lowest BCUT2D eigenvalue weighted by Gasteiger charge is -2.10. The number of halogens is 2. The van der Waals surface area contributed by atoms with Crippen LogP contribution in [-0.2, 0) is 32.7 Å². The molecule has 0 aromatic heterocycles. The van der Waals surface area contributed by atoms with E-state index in [-0.39, 0.29) is 10.6 Å². The number of aryl methyl sites for hydroxylation is 2. The van der Waals surface area contributed by atoms with Crippen molar-refractivity contribution in [3.8, 4) is 0 Å². The number of nitrogens with one attached hydrogen (secondary N) is 1. The molecule has 0 bridgehead atoms. The first-order valence-electron chi connectivity index (χ1n) is 7.47. The van der Waals surface area contributed by atoms with Gasteiger partial charge in [-0.05, 0) is 66.8 Å². The normalized spacial score (nSPS) is 14.5. The van der Waals surface area contributed by atoms with Crippen LogP contribution in [0, 0.1) is 0 Å². The standard InChI is InChI=1S/C16H15F2NO4S2/c17-16(18)24(20,21)14-8-5-13(6-9-14)19-25(22,23)15-7-4-11-2-1-3-12(11)10-15/h4-10,16,19H,1-3H2. The van der Waals surface area contributed by atoms with Crippen molar-refractivity contribution in [2.24, 2.45) is 0 Å². The number of sulfone groups is 1. The summed E-state index contributed by atoms with van der Waals surface area (Å²) >= 11 is 0. The highest BCUT2D eigenvalue weighted by atomic mass is 32.2. The van der Waals surface area contributed by atoms with Gasteiger partial charge in [-0.1, -0.05) is 6.07 Å². The lowest BCUT2D eigenvalue weighted by atomic mass is 10.1. The van der Waals surface area contributed by atoms with Gasteiger partial charge in [0.25, 0.3) is 10.0 Å². The molecule has 25 heavy (non-hydrogen) atoms. The molecule has 0 amide bonds. The number of sulfonamides is 1. The molecular weight excluding hydrogens is 372 g/mol. The molecule has 5 nitrogen and oxygen atoms in total. The fraction of sp³-hybridized carbons (Fsp3) is 0.250. The lowest BCUT2D eigenvalue weighted by molar-refractivity contribution is 0.234. The smallest absolute Gasteiger partial charge is 0.280 e. The van der Waals surface area contributed by atoms with E-state index in [0.717, 1.165) is 54.7 Å². The third-order valence-corrected chi connectivity index (χ3v) is 6.83. The largest absolute Gasteiger partial charge is 0.341 e. The van der Waals surface area contributed by atoms with Crippen molar-refractivity contribution >= 4 is 25.5 Å². The average molecular weight is 387 g/mol. The molecule has 0 unspecified atom stereocenters. The van der Waals surface area contributed by atoms with Gasteiger partial charge in [0, 0.05) is 5.69 Å². The minimum atomic E-state index is -4.71. The summed E-state index contributed by atoms with van der Waals surface area (Å²) in [5, 5.41) is 0. The summed E-state index contributed by atoms with van der Waals surface area (Å²) in [4.78, 5) is -0.458. The van der Waals surface area contributed by atoms with Crippen LogP contribution in [0.2, 0.25) is 0 Å². The molecule has 0 fully saturated rings. The summed E-state index contributed by atoms with van der Waals surface area (Å²) in [6.45, 7) is 0. The van der Waals surface area contributed by atoms with E-state index in [2.05, 4.69) is 4.72 Å². The molecule has 0 saturated carbocycles. The van der Waals surface area contributed by atoms with Crippen LogP contribution in [0.3, 0.4) is 0 Å². The molecular formula is C16H15F2NO4S2. The van der Waals surface area contributed by atoms with E-state index in [1.165, 1.54) is 6.07 Å². The van der Waals surface area contributed by atoms with Crippen LogP contribution in [0.1, 0.15) is 17.5 Å². The van der Waals surface area contributed by atoms with Crippen LogP contribution in [-0.4, -0.2) is 22.6 Å². The van der Waals surface area contributed by atoms with Crippen molar-refractivity contribution in [3.63, 3.8) is 0 Å². The summed E-state index contributed by atoms with van der Waals surface area (Å²) in [5.41, 5.74) is 2.23. The zero-order valence-corrected chi connectivity index (χ0v) is 14.6. The van der Waals surface area contributed by atoms with E-state index in [4.69, 9.17) is 0 Å². The second-order valence-corrected chi connectivity index (χ2v) is 9.32. The SMILES string of the molecule is O=S(=O)(Nc1ccc(S(=O)(=O)C(F)F)cc1)c1ccc2c(c1)CCC2. The van der Waals surface area contributed by atoms with Gasteiger partial charge in [0.2, 0.25) is 9.84 Å². The van der Waals surface area contributed by atoms with Crippen LogP contribution in [0.4, 0.5) is 14.5 Å². The summed E-state index contributed by atoms with van der Waals surface area (Å²) in [7, 11) is -8.55. The fourth-order valence-corrected chi connectivity index (χ4v) is 4.57. The lowest BCUT2D eigenvalue weighted by Crippen LogP contribution is -2.14. The van der Waals surface area contributed by atoms with E-state index in [9.17, 15) is 25.6 Å². The van der Waals surface area contributed by atoms with Crippen molar-refractivity contribution in [2.45, 2.75) is 34.8 Å². The van der Waals surface area contributed by atoms with Gasteiger partial charge in [-0.3, -0.25) is 4.72 Å². The molecule has 0 heterocycles. The molecule has 134 valence electrons. The topological polar surface area (TPSA) is 80.3 Å². The highest BCUT2D eigenvalue weighted by molar-refractivity contribution is 7.92. The Balaban J connectivity index is 1.84. The molecule has 0 atom stereocenters. The molecule has 1 N–H and O–H groups in total. The van der Waals surface area contributed by atoms with E-state index < -0.39 is 30.5 Å². The molecule has 0 spiro atoms. The molecule has 0 aliphatic heterocycles. The maximum atomic E-state index is 12.5. The molecule has 0 saturated heterocycles. The van der Waals surface area contributed by atoms with E-state index in [0.29, 0.717) is 0 Å². The molecule has 1 aliphatic rings. The molecule has 2 aromatic carbocycles. The van der Waals surface area contributed by atoms with Gasteiger partial charge in [-0.25, -0.2) is 16.8 Å². The van der Waals surface area contributed by atoms with Crippen LogP contribution in [0.15, 0.2) is 52.3 Å². The molecule has 2 aromatic rings. The van der Waals surface area contributed by atoms with Crippen molar-refractivity contribution < 1.29 is 25.6 Å². The minimum Gasteiger partial charge on any atom is -0.280 e. The summed E-state index contributed by atoms with van der Waals surface area (Å²) in [6.07, 6.45) is 2.76. The molecule has 1 aliphatic carbocycles. The predicted octanol–water partition coefficient (Wildman–Crippen LogP) is 2.97. The summed E-state index contributed by atoms with van der Waals surface area (Å²) in [5.74, 6) is -3.53. The van der Waals surface area contributed by atoms with Gasteiger partial charge < -0.3 is 0 Å². The predicted molar refractivity (Wildman–Crippen MR) is 88.9 cm³/mol. The van der Waals surface area contributed by atoms with Crippen molar-refractivity contribution in [1.82, 2.24) is 0 Å². The van der Waals surface area contributed by atoms with Crippen LogP contribution < -0.4 is 4.72 Å². The first-order valence-corrected chi connectivity index (χ1v) is 10.5. The van der Waals surface area contributed by atoms with Gasteiger partial charge in [-0.15, -0.1) is 0 Å². The number of benzene rings is 2. The maximum Gasteiger partial charge on any atom is 0.341 e. The summed E-state index contributed by atoms with van der Waals surface area (Å²) < 4.78 is 74.9. The fourth-order valence-electron chi connectivity index (χ4n) is 2.74. The third kappa shape index (κ3) is 3.52. The Morgan fingerprint density at radius 1 is 0.840 bits per heavy atom. The van der Waals surface area contributed by atoms with Gasteiger partial charge >= 0.3 is 5.76 Å². The molecule has 0 radical (unpaired) electrons. The zero-order chi connectivity index (χ0) is 18.2. The second-order valence-electron chi connectivity index (χ2n) is 5.72. The Kier molecular flexibility index (Phi) is 4.54. The average Bonchev–Trinajstić information content (AvgIpc) is 3.02. The van der Waals surface area contributed by atoms with Crippen molar-refractivity contribution in [2.75, 3.05) is 4.72 Å². The Morgan fingerprint density at radius 3 is 2.08 bits per heavy atom. The minimum absolute atomic E-state index is 0.0914. The molecule has 3 rings (SSSR count). The first kappa shape index (κ1) is 17.8. The first-order chi connectivity index (χ1) is 11.7. The van der Waals surface area contributed by atoms with Crippen LogP contribution in [0.5, 0.6) is 0 Å². The monoisotopic (exact) mass is 387 g/mol. The van der Waals surface area contributed by atoms with Crippen LogP contribution in [0.25, 0.3) is 0 Å². The summed E-state index contributed by atoms with van der Waals surface area (Å²) in [6, 6.07) is 9.10. The Morgan fingerprint density at radius 2 is 1.44 bits per heavy atom. The zero-order valence-electron chi connectivity index (χ0n) is 12.9. The van der Waals surface area contributed by atoms with Crippen LogP contribution >= 0.6 is 0 Å². The third-order valence-electron chi connectivity index (χ3n) is 4.05. The second kappa shape index (κ2) is 6.38. The van der Waals surface area contributed by atoms with Gasteiger partial charge in [0.05, 0.1) is 9.79 Å². The number of rotatable bonds is 5. The number of hydrogen-bond donors (Lipinski definition) is 1. The van der Waals surface area contributed by atoms with Gasteiger partial charge in [0.1, 0.15) is 0 Å². The molecule has 9 heteroatoms. The number of alkyl halides is 2. The van der Waals surface area contributed by atoms with E-state index in [1.807, 2.05) is 0 Å². The van der Waals surface area contributed by atoms with E-state index in [1.54, 1.807) is 12.1 Å². The van der Waals surface area contributed by atoms with E-state index >= 15 is 0 Å². The van der Waals surface area contributed by atoms with Crippen molar-refractivity contribution in [1.29, 1.82) is 0 Å². The van der Waals surface area contributed by atoms with Gasteiger partial charge in [-0.2, -0.15) is 8.78 Å². The number of hydrogen-bond acceptors (Lipinski definition) is 4. The quantitative estimate of drug-likeness (QED) is 0.855.